The van der Waals surface area contributed by atoms with Gasteiger partial charge in [0.2, 0.25) is 16.0 Å². The number of nitrogens with zero attached hydrogens (tertiary/aromatic N) is 6. The number of ether oxygens (including phenoxy) is 2. The minimum absolute atomic E-state index is 0.00112. The Hall–Kier alpha value is -4.06. The maximum Gasteiger partial charge on any atom is 0.243 e. The molecule has 3 heterocycles. The average Bonchev–Trinajstić information content (AvgIpc) is 3.29. The van der Waals surface area contributed by atoms with E-state index in [-0.39, 0.29) is 5.95 Å². The summed E-state index contributed by atoms with van der Waals surface area (Å²) >= 11 is 0. The molecule has 0 amide bonds. The molecule has 11 nitrogen and oxygen atoms in total. The van der Waals surface area contributed by atoms with E-state index in [1.807, 2.05) is 26.0 Å². The summed E-state index contributed by atoms with van der Waals surface area (Å²) in [4.78, 5) is 13.1. The predicted molar refractivity (Wildman–Crippen MR) is 143 cm³/mol. The fourth-order valence-corrected chi connectivity index (χ4v) is 5.12. The summed E-state index contributed by atoms with van der Waals surface area (Å²) in [5.41, 5.74) is 3.12. The van der Waals surface area contributed by atoms with Gasteiger partial charge in [-0.2, -0.15) is 0 Å². The van der Waals surface area contributed by atoms with Crippen molar-refractivity contribution in [1.29, 1.82) is 0 Å². The zero-order chi connectivity index (χ0) is 27.4. The quantitative estimate of drug-likeness (QED) is 0.322. The van der Waals surface area contributed by atoms with Gasteiger partial charge in [-0.25, -0.2) is 18.4 Å². The van der Waals surface area contributed by atoms with Crippen LogP contribution < -0.4 is 14.2 Å². The zero-order valence-electron chi connectivity index (χ0n) is 22.2. The van der Waals surface area contributed by atoms with Crippen LogP contribution in [0.25, 0.3) is 5.69 Å². The minimum atomic E-state index is -3.96. The van der Waals surface area contributed by atoms with Crippen LogP contribution in [0.15, 0.2) is 48.9 Å². The number of anilines is 1. The first kappa shape index (κ1) is 27.0. The van der Waals surface area contributed by atoms with Crippen molar-refractivity contribution in [3.63, 3.8) is 0 Å². The second-order valence-corrected chi connectivity index (χ2v) is 11.1. The van der Waals surface area contributed by atoms with Gasteiger partial charge in [0, 0.05) is 30.2 Å². The number of benzene rings is 1. The predicted octanol–water partition coefficient (Wildman–Crippen LogP) is 3.61. The minimum Gasteiger partial charge on any atom is -0.494 e. The van der Waals surface area contributed by atoms with Crippen molar-refractivity contribution in [2.45, 2.75) is 45.3 Å². The van der Waals surface area contributed by atoms with E-state index in [2.05, 4.69) is 29.9 Å². The monoisotopic (exact) mass is 537 g/mol. The number of hydrogen-bond acceptors (Lipinski definition) is 9. The Morgan fingerprint density at radius 2 is 1.53 bits per heavy atom. The molecule has 3 aromatic heterocycles. The van der Waals surface area contributed by atoms with Gasteiger partial charge in [-0.05, 0) is 50.1 Å². The Balaban J connectivity index is 1.78. The van der Waals surface area contributed by atoms with E-state index in [4.69, 9.17) is 9.47 Å². The first-order chi connectivity index (χ1) is 18.1. The number of hydrogen-bond donors (Lipinski definition) is 1. The summed E-state index contributed by atoms with van der Waals surface area (Å²) in [5, 5.41) is 7.67. The Labute approximate surface area is 222 Å². The number of sulfonamides is 1. The molecule has 1 N–H and O–H groups in total. The van der Waals surface area contributed by atoms with E-state index in [0.29, 0.717) is 35.3 Å². The second-order valence-electron chi connectivity index (χ2n) is 9.05. The molecule has 4 aromatic rings. The fraction of sp³-hybridized carbons (Fsp3) is 0.346. The summed E-state index contributed by atoms with van der Waals surface area (Å²) < 4.78 is 42.6. The van der Waals surface area contributed by atoms with Crippen LogP contribution in [0, 0.1) is 13.8 Å². The molecule has 0 spiro atoms. The highest BCUT2D eigenvalue weighted by Crippen LogP contribution is 2.36. The van der Waals surface area contributed by atoms with Crippen LogP contribution in [0.3, 0.4) is 0 Å². The maximum atomic E-state index is 13.6. The fourth-order valence-electron chi connectivity index (χ4n) is 3.89. The third-order valence-corrected chi connectivity index (χ3v) is 8.16. The van der Waals surface area contributed by atoms with Gasteiger partial charge in [0.15, 0.2) is 0 Å². The van der Waals surface area contributed by atoms with Crippen molar-refractivity contribution in [2.75, 3.05) is 18.9 Å². The Bertz CT molecular complexity index is 1480. The lowest BCUT2D eigenvalue weighted by Gasteiger charge is -2.21. The summed E-state index contributed by atoms with van der Waals surface area (Å²) in [6.07, 6.45) is 5.39. The molecule has 2 unspecified atom stereocenters. The number of pyridine rings is 1. The number of aryl methyl sites for hydroxylation is 2. The number of methoxy groups -OCH3 is 2. The largest absolute Gasteiger partial charge is 0.494 e. The molecule has 0 saturated carbocycles. The molecule has 0 aliphatic rings. The molecule has 12 heteroatoms. The number of rotatable bonds is 10. The van der Waals surface area contributed by atoms with Gasteiger partial charge in [-0.15, -0.1) is 10.2 Å². The lowest BCUT2D eigenvalue weighted by molar-refractivity contribution is 0.390. The van der Waals surface area contributed by atoms with Crippen LogP contribution in [-0.4, -0.2) is 57.6 Å². The highest BCUT2D eigenvalue weighted by Gasteiger charge is 2.32. The molecule has 2 atom stereocenters. The van der Waals surface area contributed by atoms with Crippen molar-refractivity contribution in [3.05, 3.63) is 77.4 Å². The van der Waals surface area contributed by atoms with Gasteiger partial charge in [0.25, 0.3) is 0 Å². The summed E-state index contributed by atoms with van der Waals surface area (Å²) in [5.74, 6) is 1.31. The smallest absolute Gasteiger partial charge is 0.243 e. The summed E-state index contributed by atoms with van der Waals surface area (Å²) in [6.45, 7) is 7.21. The second kappa shape index (κ2) is 11.1. The molecule has 38 heavy (non-hydrogen) atoms. The van der Waals surface area contributed by atoms with Gasteiger partial charge >= 0.3 is 0 Å². The van der Waals surface area contributed by atoms with E-state index in [0.717, 1.165) is 16.8 Å². The first-order valence-electron chi connectivity index (χ1n) is 12.0. The average molecular weight is 538 g/mol. The van der Waals surface area contributed by atoms with Gasteiger partial charge in [-0.1, -0.05) is 19.1 Å². The molecular weight excluding hydrogens is 506 g/mol. The molecule has 0 saturated heterocycles. The normalized spacial score (nSPS) is 13.1. The molecular formula is C26H31N7O4S. The van der Waals surface area contributed by atoms with E-state index < -0.39 is 21.2 Å². The number of para-hydroxylation sites is 1. The molecule has 1 aromatic carbocycles. The van der Waals surface area contributed by atoms with Crippen LogP contribution in [0.2, 0.25) is 0 Å². The van der Waals surface area contributed by atoms with E-state index in [1.54, 1.807) is 55.2 Å². The third kappa shape index (κ3) is 5.59. The standard InChI is InChI=1S/C26H31N7O4S/c1-16-10-11-20(27-13-16)12-23-30-31-26(33(23)24-21(36-5)8-7-9-22(24)37-6)32-38(34,35)19(4)18(3)25-28-14-17(2)15-29-25/h7-11,13-15,18-19H,12H2,1-6H3,(H,31,32). The number of aromatic nitrogens is 6. The Morgan fingerprint density at radius 3 is 2.11 bits per heavy atom. The molecule has 4 rings (SSSR count). The topological polar surface area (TPSA) is 134 Å². The van der Waals surface area contributed by atoms with Crippen LogP contribution in [0.4, 0.5) is 5.95 Å². The van der Waals surface area contributed by atoms with Gasteiger partial charge in [0.05, 0.1) is 25.9 Å². The lowest BCUT2D eigenvalue weighted by Crippen LogP contribution is -2.31. The van der Waals surface area contributed by atoms with Gasteiger partial charge < -0.3 is 9.47 Å². The lowest BCUT2D eigenvalue weighted by atomic mass is 10.1. The molecule has 0 fully saturated rings. The molecule has 0 bridgehead atoms. The van der Waals surface area contributed by atoms with Crippen LogP contribution in [0.1, 0.15) is 48.2 Å². The SMILES string of the molecule is COc1cccc(OC)c1-n1c(Cc2ccc(C)cn2)nnc1NS(=O)(=O)C(C)C(C)c1ncc(C)cn1. The first-order valence-corrected chi connectivity index (χ1v) is 13.6. The molecule has 0 aliphatic carbocycles. The van der Waals surface area contributed by atoms with Crippen molar-refractivity contribution in [3.8, 4) is 17.2 Å². The van der Waals surface area contributed by atoms with E-state index >= 15 is 0 Å². The third-order valence-electron chi connectivity index (χ3n) is 6.30. The van der Waals surface area contributed by atoms with Crippen LogP contribution >= 0.6 is 0 Å². The Kier molecular flexibility index (Phi) is 7.91. The van der Waals surface area contributed by atoms with E-state index in [1.165, 1.54) is 14.2 Å². The molecule has 200 valence electrons. The number of nitrogens with one attached hydrogen (secondary N) is 1. The van der Waals surface area contributed by atoms with Gasteiger partial charge in [0.1, 0.15) is 28.8 Å². The van der Waals surface area contributed by atoms with Crippen molar-refractivity contribution in [2.24, 2.45) is 0 Å². The van der Waals surface area contributed by atoms with Crippen molar-refractivity contribution < 1.29 is 17.9 Å². The van der Waals surface area contributed by atoms with Crippen molar-refractivity contribution in [1.82, 2.24) is 29.7 Å². The highest BCUT2D eigenvalue weighted by molar-refractivity contribution is 7.93. The van der Waals surface area contributed by atoms with E-state index in [9.17, 15) is 8.42 Å². The van der Waals surface area contributed by atoms with Crippen LogP contribution in [-0.2, 0) is 16.4 Å². The summed E-state index contributed by atoms with van der Waals surface area (Å²) in [7, 11) is -0.903. The Morgan fingerprint density at radius 1 is 0.895 bits per heavy atom. The van der Waals surface area contributed by atoms with Crippen molar-refractivity contribution >= 4 is 16.0 Å². The summed E-state index contributed by atoms with van der Waals surface area (Å²) in [6, 6.07) is 9.13. The van der Waals surface area contributed by atoms with Crippen LogP contribution in [0.5, 0.6) is 11.5 Å². The molecule has 0 aliphatic heterocycles. The zero-order valence-corrected chi connectivity index (χ0v) is 23.0. The van der Waals surface area contributed by atoms with Gasteiger partial charge in [-0.3, -0.25) is 14.3 Å². The maximum absolute atomic E-state index is 13.6. The highest BCUT2D eigenvalue weighted by atomic mass is 32.2. The molecule has 0 radical (unpaired) electrons.